The highest BCUT2D eigenvalue weighted by Crippen LogP contribution is 2.28. The van der Waals surface area contributed by atoms with E-state index in [0.717, 1.165) is 5.69 Å². The van der Waals surface area contributed by atoms with E-state index in [1.807, 2.05) is 16.9 Å². The van der Waals surface area contributed by atoms with Crippen LogP contribution in [0, 0.1) is 0 Å². The molecule has 2 aromatic rings. The summed E-state index contributed by atoms with van der Waals surface area (Å²) in [4.78, 5) is 18.6. The normalized spacial score (nSPS) is 16.2. The molecule has 0 atom stereocenters. The molecule has 18 heavy (non-hydrogen) atoms. The first kappa shape index (κ1) is 11.2. The molecule has 0 saturated heterocycles. The van der Waals surface area contributed by atoms with Crippen molar-refractivity contribution in [1.29, 1.82) is 0 Å². The fourth-order valence-corrected chi connectivity index (χ4v) is 2.51. The number of carbonyl (C=O) groups excluding carboxylic acids is 1. The third-order valence-corrected chi connectivity index (χ3v) is 3.47. The number of aromatic amines is 1. The predicted molar refractivity (Wildman–Crippen MR) is 66.4 cm³/mol. The van der Waals surface area contributed by atoms with Crippen molar-refractivity contribution >= 4 is 5.78 Å². The van der Waals surface area contributed by atoms with Crippen LogP contribution >= 0.6 is 0 Å². The minimum Gasteiger partial charge on any atom is -0.342 e. The molecule has 2 aromatic heterocycles. The predicted octanol–water partition coefficient (Wildman–Crippen LogP) is 2.15. The summed E-state index contributed by atoms with van der Waals surface area (Å²) in [6, 6.07) is 2.46. The average Bonchev–Trinajstić information content (AvgIpc) is 3.12. The SMILES string of the molecule is O=C(Cc1ccn(C2CCCC2)n1)c1ncc[nH]1. The van der Waals surface area contributed by atoms with E-state index in [-0.39, 0.29) is 5.78 Å². The summed E-state index contributed by atoms with van der Waals surface area (Å²) in [5.74, 6) is 0.391. The summed E-state index contributed by atoms with van der Waals surface area (Å²) in [5, 5.41) is 4.50. The molecule has 1 fully saturated rings. The highest BCUT2D eigenvalue weighted by molar-refractivity contribution is 5.93. The van der Waals surface area contributed by atoms with Crippen LogP contribution in [-0.2, 0) is 6.42 Å². The van der Waals surface area contributed by atoms with Crippen molar-refractivity contribution in [2.75, 3.05) is 0 Å². The van der Waals surface area contributed by atoms with Crippen LogP contribution < -0.4 is 0 Å². The van der Waals surface area contributed by atoms with Crippen molar-refractivity contribution in [3.63, 3.8) is 0 Å². The molecule has 0 spiro atoms. The topological polar surface area (TPSA) is 63.6 Å². The van der Waals surface area contributed by atoms with Gasteiger partial charge in [0.05, 0.1) is 18.2 Å². The number of Topliss-reactive ketones (excluding diaryl/α,β-unsaturated/α-hetero) is 1. The van der Waals surface area contributed by atoms with Crippen molar-refractivity contribution in [1.82, 2.24) is 19.7 Å². The molecule has 0 bridgehead atoms. The van der Waals surface area contributed by atoms with E-state index in [1.165, 1.54) is 25.7 Å². The van der Waals surface area contributed by atoms with Crippen LogP contribution in [0.25, 0.3) is 0 Å². The fraction of sp³-hybridized carbons (Fsp3) is 0.462. The van der Waals surface area contributed by atoms with Gasteiger partial charge in [-0.2, -0.15) is 5.10 Å². The van der Waals surface area contributed by atoms with Gasteiger partial charge in [-0.05, 0) is 18.9 Å². The Hall–Kier alpha value is -1.91. The lowest BCUT2D eigenvalue weighted by atomic mass is 10.2. The number of imidazole rings is 1. The number of H-pyrrole nitrogens is 1. The summed E-state index contributed by atoms with van der Waals surface area (Å²) in [6.07, 6.45) is 10.5. The van der Waals surface area contributed by atoms with E-state index in [4.69, 9.17) is 0 Å². The highest BCUT2D eigenvalue weighted by atomic mass is 16.1. The Balaban J connectivity index is 1.68. The van der Waals surface area contributed by atoms with Crippen molar-refractivity contribution in [2.45, 2.75) is 38.1 Å². The zero-order valence-corrected chi connectivity index (χ0v) is 10.2. The van der Waals surface area contributed by atoms with Crippen molar-refractivity contribution in [3.05, 3.63) is 36.2 Å². The molecule has 5 heteroatoms. The molecule has 2 heterocycles. The second kappa shape index (κ2) is 4.76. The molecule has 0 aromatic carbocycles. The van der Waals surface area contributed by atoms with E-state index in [2.05, 4.69) is 15.1 Å². The van der Waals surface area contributed by atoms with Gasteiger partial charge in [-0.3, -0.25) is 9.48 Å². The molecule has 5 nitrogen and oxygen atoms in total. The maximum Gasteiger partial charge on any atom is 0.204 e. The minimum absolute atomic E-state index is 0.0170. The van der Waals surface area contributed by atoms with Gasteiger partial charge in [0.2, 0.25) is 5.78 Å². The van der Waals surface area contributed by atoms with E-state index in [0.29, 0.717) is 18.3 Å². The summed E-state index contributed by atoms with van der Waals surface area (Å²) >= 11 is 0. The van der Waals surface area contributed by atoms with Gasteiger partial charge in [-0.25, -0.2) is 4.98 Å². The molecular weight excluding hydrogens is 228 g/mol. The number of hydrogen-bond donors (Lipinski definition) is 1. The Bertz CT molecular complexity index is 523. The third-order valence-electron chi connectivity index (χ3n) is 3.47. The summed E-state index contributed by atoms with van der Waals surface area (Å²) in [7, 11) is 0. The van der Waals surface area contributed by atoms with Crippen molar-refractivity contribution < 1.29 is 4.79 Å². The molecule has 1 N–H and O–H groups in total. The Morgan fingerprint density at radius 3 is 3.00 bits per heavy atom. The zero-order chi connectivity index (χ0) is 12.4. The second-order valence-electron chi connectivity index (χ2n) is 4.76. The third kappa shape index (κ3) is 2.20. The first-order valence-electron chi connectivity index (χ1n) is 6.39. The Labute approximate surface area is 105 Å². The van der Waals surface area contributed by atoms with Gasteiger partial charge in [-0.15, -0.1) is 0 Å². The van der Waals surface area contributed by atoms with Crippen LogP contribution in [0.5, 0.6) is 0 Å². The maximum atomic E-state index is 11.9. The second-order valence-corrected chi connectivity index (χ2v) is 4.76. The lowest BCUT2D eigenvalue weighted by Gasteiger charge is -2.08. The monoisotopic (exact) mass is 244 g/mol. The van der Waals surface area contributed by atoms with E-state index < -0.39 is 0 Å². The summed E-state index contributed by atoms with van der Waals surface area (Å²) in [5.41, 5.74) is 0.822. The quantitative estimate of drug-likeness (QED) is 0.838. The summed E-state index contributed by atoms with van der Waals surface area (Å²) in [6.45, 7) is 0. The van der Waals surface area contributed by atoms with Gasteiger partial charge >= 0.3 is 0 Å². The lowest BCUT2D eigenvalue weighted by Crippen LogP contribution is -2.09. The Kier molecular flexibility index (Phi) is 2.96. The van der Waals surface area contributed by atoms with Crippen molar-refractivity contribution in [2.24, 2.45) is 0 Å². The van der Waals surface area contributed by atoms with E-state index >= 15 is 0 Å². The number of aromatic nitrogens is 4. The molecular formula is C13H16N4O. The van der Waals surface area contributed by atoms with Crippen LogP contribution in [-0.4, -0.2) is 25.5 Å². The number of ketones is 1. The van der Waals surface area contributed by atoms with Gasteiger partial charge in [0, 0.05) is 18.6 Å². The summed E-state index contributed by atoms with van der Waals surface area (Å²) < 4.78 is 2.01. The molecule has 0 unspecified atom stereocenters. The van der Waals surface area contributed by atoms with Crippen LogP contribution in [0.2, 0.25) is 0 Å². The molecule has 1 aliphatic rings. The number of hydrogen-bond acceptors (Lipinski definition) is 3. The molecule has 0 aliphatic heterocycles. The molecule has 0 radical (unpaired) electrons. The first-order chi connectivity index (χ1) is 8.83. The largest absolute Gasteiger partial charge is 0.342 e. The van der Waals surface area contributed by atoms with Crippen LogP contribution in [0.4, 0.5) is 0 Å². The number of rotatable bonds is 4. The van der Waals surface area contributed by atoms with Gasteiger partial charge < -0.3 is 4.98 Å². The van der Waals surface area contributed by atoms with Gasteiger partial charge in [0.1, 0.15) is 0 Å². The highest BCUT2D eigenvalue weighted by Gasteiger charge is 2.18. The standard InChI is InChI=1S/C13H16N4O/c18-12(13-14-6-7-15-13)9-10-5-8-17(16-10)11-3-1-2-4-11/h5-8,11H,1-4,9H2,(H,14,15). The molecule has 1 aliphatic carbocycles. The molecule has 0 amide bonds. The average molecular weight is 244 g/mol. The van der Waals surface area contributed by atoms with Gasteiger partial charge in [-0.1, -0.05) is 12.8 Å². The fourth-order valence-electron chi connectivity index (χ4n) is 2.51. The number of nitrogens with zero attached hydrogens (tertiary/aromatic N) is 3. The van der Waals surface area contributed by atoms with Crippen molar-refractivity contribution in [3.8, 4) is 0 Å². The zero-order valence-electron chi connectivity index (χ0n) is 10.2. The van der Waals surface area contributed by atoms with Crippen LogP contribution in [0.15, 0.2) is 24.7 Å². The smallest absolute Gasteiger partial charge is 0.204 e. The Morgan fingerprint density at radius 2 is 2.28 bits per heavy atom. The first-order valence-corrected chi connectivity index (χ1v) is 6.39. The molecule has 94 valence electrons. The van der Waals surface area contributed by atoms with Crippen LogP contribution in [0.1, 0.15) is 48.0 Å². The maximum absolute atomic E-state index is 11.9. The van der Waals surface area contributed by atoms with E-state index in [1.54, 1.807) is 12.4 Å². The lowest BCUT2D eigenvalue weighted by molar-refractivity contribution is 0.0982. The van der Waals surface area contributed by atoms with Gasteiger partial charge in [0.25, 0.3) is 0 Å². The molecule has 1 saturated carbocycles. The van der Waals surface area contributed by atoms with E-state index in [9.17, 15) is 4.79 Å². The number of nitrogens with one attached hydrogen (secondary N) is 1. The van der Waals surface area contributed by atoms with Gasteiger partial charge in [0.15, 0.2) is 5.82 Å². The van der Waals surface area contributed by atoms with Crippen LogP contribution in [0.3, 0.4) is 0 Å². The Morgan fingerprint density at radius 1 is 1.44 bits per heavy atom. The number of carbonyl (C=O) groups is 1. The molecule has 3 rings (SSSR count). The minimum atomic E-state index is -0.0170.